The van der Waals surface area contributed by atoms with Crippen molar-refractivity contribution in [2.24, 2.45) is 0 Å². The van der Waals surface area contributed by atoms with Gasteiger partial charge in [0.05, 0.1) is 0 Å². The molecule has 6 heteroatoms. The summed E-state index contributed by atoms with van der Waals surface area (Å²) >= 11 is 5.98. The van der Waals surface area contributed by atoms with Crippen molar-refractivity contribution in [3.8, 4) is 11.4 Å². The van der Waals surface area contributed by atoms with Crippen LogP contribution in [0.1, 0.15) is 39.5 Å². The Morgan fingerprint density at radius 1 is 1.05 bits per heavy atom. The summed E-state index contributed by atoms with van der Waals surface area (Å²) in [4.78, 5) is 0. The maximum Gasteiger partial charge on any atom is 0.202 e. The molecule has 0 bridgehead atoms. The zero-order valence-corrected chi connectivity index (χ0v) is 15.5. The van der Waals surface area contributed by atoms with Gasteiger partial charge in [-0.15, -0.1) is 10.2 Å². The third-order valence-electron chi connectivity index (χ3n) is 3.31. The fourth-order valence-electron chi connectivity index (χ4n) is 2.17. The van der Waals surface area contributed by atoms with E-state index in [-0.39, 0.29) is 0 Å². The molecule has 0 radical (unpaired) electrons. The molecule has 0 aliphatic carbocycles. The molecule has 0 aliphatic rings. The minimum absolute atomic E-state index is 0.744. The van der Waals surface area contributed by atoms with Crippen molar-refractivity contribution in [3.63, 3.8) is 0 Å². The third-order valence-corrected chi connectivity index (χ3v) is 5.87. The summed E-state index contributed by atoms with van der Waals surface area (Å²) in [5.41, 5.74) is 1.07. The molecule has 22 heavy (non-hydrogen) atoms. The Hall–Kier alpha value is -0.650. The van der Waals surface area contributed by atoms with Gasteiger partial charge in [0.15, 0.2) is 5.82 Å². The molecule has 2 rings (SSSR count). The third kappa shape index (κ3) is 4.93. The quantitative estimate of drug-likeness (QED) is 0.411. The van der Waals surface area contributed by atoms with Crippen LogP contribution in [-0.4, -0.2) is 20.5 Å². The second-order valence-corrected chi connectivity index (χ2v) is 8.00. The summed E-state index contributed by atoms with van der Waals surface area (Å²) in [5, 5.41) is 10.5. The lowest BCUT2D eigenvalue weighted by molar-refractivity contribution is 0.557. The highest BCUT2D eigenvalue weighted by molar-refractivity contribution is 8.76. The van der Waals surface area contributed by atoms with Crippen LogP contribution in [0.2, 0.25) is 5.02 Å². The van der Waals surface area contributed by atoms with Gasteiger partial charge in [-0.05, 0) is 41.5 Å². The number of aromatic nitrogens is 3. The molecule has 3 nitrogen and oxygen atoms in total. The maximum atomic E-state index is 5.98. The Kier molecular flexibility index (Phi) is 7.63. The Balaban J connectivity index is 2.20. The van der Waals surface area contributed by atoms with Crippen molar-refractivity contribution in [2.45, 2.75) is 51.2 Å². The molecule has 0 aliphatic heterocycles. The first-order valence-corrected chi connectivity index (χ1v) is 10.4. The van der Waals surface area contributed by atoms with Gasteiger partial charge in [0.25, 0.3) is 0 Å². The highest BCUT2D eigenvalue weighted by atomic mass is 35.5. The number of unbranched alkanes of at least 4 members (excludes halogenated alkanes) is 3. The zero-order chi connectivity index (χ0) is 15.8. The number of halogens is 1. The number of rotatable bonds is 9. The van der Waals surface area contributed by atoms with Crippen molar-refractivity contribution >= 4 is 33.2 Å². The highest BCUT2D eigenvalue weighted by Crippen LogP contribution is 2.32. The topological polar surface area (TPSA) is 30.7 Å². The maximum absolute atomic E-state index is 5.98. The van der Waals surface area contributed by atoms with Crippen LogP contribution in [-0.2, 0) is 6.54 Å². The molecular weight excluding hydrogens is 334 g/mol. The van der Waals surface area contributed by atoms with Gasteiger partial charge in [-0.2, -0.15) is 0 Å². The van der Waals surface area contributed by atoms with E-state index in [9.17, 15) is 0 Å². The Morgan fingerprint density at radius 2 is 1.82 bits per heavy atom. The molecule has 0 saturated carbocycles. The van der Waals surface area contributed by atoms with Crippen LogP contribution in [0, 0.1) is 0 Å². The molecule has 1 aromatic heterocycles. The standard InChI is InChI=1S/C16H22ClN3S2/c1-3-5-6-7-12-20-15(13-8-10-14(17)11-9-13)18-19-16(20)22-21-4-2/h8-11H,3-7,12H2,1-2H3. The van der Waals surface area contributed by atoms with Crippen molar-refractivity contribution in [2.75, 3.05) is 5.75 Å². The molecule has 0 amide bonds. The first-order valence-electron chi connectivity index (χ1n) is 7.74. The van der Waals surface area contributed by atoms with E-state index in [0.717, 1.165) is 40.3 Å². The largest absolute Gasteiger partial charge is 0.301 e. The molecule has 0 spiro atoms. The van der Waals surface area contributed by atoms with E-state index in [4.69, 9.17) is 11.6 Å². The SMILES string of the molecule is CCCCCCn1c(SSCC)nnc1-c1ccc(Cl)cc1. The smallest absolute Gasteiger partial charge is 0.202 e. The van der Waals surface area contributed by atoms with Gasteiger partial charge in [0, 0.05) is 22.9 Å². The number of nitrogens with zero attached hydrogens (tertiary/aromatic N) is 3. The van der Waals surface area contributed by atoms with Crippen molar-refractivity contribution in [3.05, 3.63) is 29.3 Å². The van der Waals surface area contributed by atoms with E-state index in [1.807, 2.05) is 24.3 Å². The molecule has 2 aromatic rings. The van der Waals surface area contributed by atoms with Crippen molar-refractivity contribution in [1.82, 2.24) is 14.8 Å². The van der Waals surface area contributed by atoms with E-state index in [1.165, 1.54) is 19.3 Å². The van der Waals surface area contributed by atoms with Crippen LogP contribution in [0.25, 0.3) is 11.4 Å². The van der Waals surface area contributed by atoms with Crippen LogP contribution in [0.3, 0.4) is 0 Å². The molecule has 0 atom stereocenters. The molecule has 0 fully saturated rings. The van der Waals surface area contributed by atoms with E-state index >= 15 is 0 Å². The average Bonchev–Trinajstić information content (AvgIpc) is 2.93. The lowest BCUT2D eigenvalue weighted by atomic mass is 10.2. The van der Waals surface area contributed by atoms with Crippen LogP contribution < -0.4 is 0 Å². The van der Waals surface area contributed by atoms with E-state index in [1.54, 1.807) is 21.6 Å². The van der Waals surface area contributed by atoms with E-state index < -0.39 is 0 Å². The van der Waals surface area contributed by atoms with Gasteiger partial charge < -0.3 is 4.57 Å². The number of hydrogen-bond donors (Lipinski definition) is 0. The summed E-state index contributed by atoms with van der Waals surface area (Å²) in [5.74, 6) is 2.00. The predicted molar refractivity (Wildman–Crippen MR) is 98.6 cm³/mol. The summed E-state index contributed by atoms with van der Waals surface area (Å²) in [6, 6.07) is 7.83. The predicted octanol–water partition coefficient (Wildman–Crippen LogP) is 5.94. The van der Waals surface area contributed by atoms with Crippen LogP contribution in [0.5, 0.6) is 0 Å². The van der Waals surface area contributed by atoms with Crippen LogP contribution in [0.4, 0.5) is 0 Å². The normalized spacial score (nSPS) is 11.0. The summed E-state index contributed by atoms with van der Waals surface area (Å²) in [6.45, 7) is 5.36. The fourth-order valence-corrected chi connectivity index (χ4v) is 3.90. The van der Waals surface area contributed by atoms with Gasteiger partial charge in [0.1, 0.15) is 0 Å². The van der Waals surface area contributed by atoms with Gasteiger partial charge in [-0.1, -0.05) is 55.5 Å². The van der Waals surface area contributed by atoms with Crippen LogP contribution in [0.15, 0.2) is 29.4 Å². The van der Waals surface area contributed by atoms with E-state index in [0.29, 0.717) is 0 Å². The second kappa shape index (κ2) is 9.48. The van der Waals surface area contributed by atoms with Gasteiger partial charge in [0.2, 0.25) is 5.16 Å². The second-order valence-electron chi connectivity index (χ2n) is 5.02. The van der Waals surface area contributed by atoms with E-state index in [2.05, 4.69) is 28.6 Å². The first kappa shape index (κ1) is 17.7. The van der Waals surface area contributed by atoms with Gasteiger partial charge in [-0.25, -0.2) is 0 Å². The number of hydrogen-bond acceptors (Lipinski definition) is 4. The Bertz CT molecular complexity index is 569. The first-order chi connectivity index (χ1) is 10.8. The van der Waals surface area contributed by atoms with Crippen molar-refractivity contribution < 1.29 is 0 Å². The van der Waals surface area contributed by atoms with Crippen molar-refractivity contribution in [1.29, 1.82) is 0 Å². The lowest BCUT2D eigenvalue weighted by Gasteiger charge is -2.09. The summed E-state index contributed by atoms with van der Waals surface area (Å²) < 4.78 is 2.24. The zero-order valence-electron chi connectivity index (χ0n) is 13.1. The molecule has 0 N–H and O–H groups in total. The fraction of sp³-hybridized carbons (Fsp3) is 0.500. The minimum Gasteiger partial charge on any atom is -0.301 e. The summed E-state index contributed by atoms with van der Waals surface area (Å²) in [7, 11) is 3.51. The molecule has 120 valence electrons. The van der Waals surface area contributed by atoms with Crippen LogP contribution >= 0.6 is 33.2 Å². The average molecular weight is 356 g/mol. The molecular formula is C16H22ClN3S2. The highest BCUT2D eigenvalue weighted by Gasteiger charge is 2.14. The minimum atomic E-state index is 0.744. The molecule has 0 unspecified atom stereocenters. The van der Waals surface area contributed by atoms with Gasteiger partial charge >= 0.3 is 0 Å². The molecule has 1 heterocycles. The Labute approximate surface area is 145 Å². The molecule has 1 aromatic carbocycles. The monoisotopic (exact) mass is 355 g/mol. The summed E-state index contributed by atoms with van der Waals surface area (Å²) in [6.07, 6.45) is 4.95. The number of benzene rings is 1. The van der Waals surface area contributed by atoms with Gasteiger partial charge in [-0.3, -0.25) is 0 Å². The molecule has 0 saturated heterocycles. The lowest BCUT2D eigenvalue weighted by Crippen LogP contribution is -2.02. The Morgan fingerprint density at radius 3 is 2.50 bits per heavy atom.